The number of hydrogen-bond acceptors (Lipinski definition) is 4. The normalized spacial score (nSPS) is 11.3. The Labute approximate surface area is 131 Å². The van der Waals surface area contributed by atoms with Crippen molar-refractivity contribution in [1.82, 2.24) is 4.98 Å². The largest absolute Gasteiger partial charge is 0.478 e. The first-order valence-electron chi connectivity index (χ1n) is 6.24. The smallest absolute Gasteiger partial charge is 0.417 e. The van der Waals surface area contributed by atoms with E-state index in [1.165, 1.54) is 0 Å². The summed E-state index contributed by atoms with van der Waals surface area (Å²) in [7, 11) is 0. The first-order chi connectivity index (χ1) is 11.1. The number of nitrogen functional groups attached to an aromatic ring is 1. The number of anilines is 1. The Morgan fingerprint density at radius 3 is 2.08 bits per heavy atom. The van der Waals surface area contributed by atoms with Crippen LogP contribution in [0, 0.1) is 0 Å². The third kappa shape index (κ3) is 2.81. The standard InChI is InChI=1S/C14H9F3N2O5/c15-14(16,17)6-4-2-1-3-5(6)7-8(12(21)22)10(18)19-11(20)9(7)13(23)24/h1-4H,(H,21,22)(H,23,24)(H3,18,19,20). The highest BCUT2D eigenvalue weighted by Crippen LogP contribution is 2.39. The fourth-order valence-corrected chi connectivity index (χ4v) is 2.26. The fourth-order valence-electron chi connectivity index (χ4n) is 2.26. The van der Waals surface area contributed by atoms with Crippen molar-refractivity contribution in [2.24, 2.45) is 0 Å². The number of aromatic carboxylic acids is 2. The van der Waals surface area contributed by atoms with Crippen LogP contribution < -0.4 is 11.3 Å². The highest BCUT2D eigenvalue weighted by Gasteiger charge is 2.36. The number of nitrogens with one attached hydrogen (secondary N) is 1. The topological polar surface area (TPSA) is 133 Å². The number of nitrogens with two attached hydrogens (primary N) is 1. The summed E-state index contributed by atoms with van der Waals surface area (Å²) >= 11 is 0. The van der Waals surface area contributed by atoms with Gasteiger partial charge in [0.05, 0.1) is 5.56 Å². The molecule has 0 aliphatic rings. The van der Waals surface area contributed by atoms with Gasteiger partial charge in [-0.15, -0.1) is 0 Å². The first-order valence-corrected chi connectivity index (χ1v) is 6.24. The summed E-state index contributed by atoms with van der Waals surface area (Å²) in [5.74, 6) is -4.41. The lowest BCUT2D eigenvalue weighted by molar-refractivity contribution is -0.137. The number of carboxylic acids is 2. The Morgan fingerprint density at radius 1 is 1.04 bits per heavy atom. The van der Waals surface area contributed by atoms with Crippen molar-refractivity contribution < 1.29 is 33.0 Å². The average Bonchev–Trinajstić information content (AvgIpc) is 2.44. The lowest BCUT2D eigenvalue weighted by Crippen LogP contribution is -2.25. The van der Waals surface area contributed by atoms with Gasteiger partial charge in [0.15, 0.2) is 0 Å². The van der Waals surface area contributed by atoms with Gasteiger partial charge in [0.2, 0.25) is 0 Å². The number of carboxylic acid groups (broad SMARTS) is 2. The molecule has 2 aromatic rings. The number of benzene rings is 1. The summed E-state index contributed by atoms with van der Waals surface area (Å²) in [6, 6.07) is 3.71. The second-order valence-corrected chi connectivity index (χ2v) is 4.65. The molecule has 10 heteroatoms. The van der Waals surface area contributed by atoms with Gasteiger partial charge in [-0.05, 0) is 11.6 Å². The molecule has 1 aromatic carbocycles. The Bertz CT molecular complexity index is 902. The van der Waals surface area contributed by atoms with Crippen LogP contribution in [0.4, 0.5) is 19.0 Å². The van der Waals surface area contributed by atoms with Crippen molar-refractivity contribution in [3.05, 3.63) is 51.3 Å². The van der Waals surface area contributed by atoms with Gasteiger partial charge in [0.1, 0.15) is 16.9 Å². The van der Waals surface area contributed by atoms with E-state index in [4.69, 9.17) is 10.8 Å². The Hall–Kier alpha value is -3.30. The summed E-state index contributed by atoms with van der Waals surface area (Å²) in [5, 5.41) is 18.4. The van der Waals surface area contributed by atoms with E-state index in [-0.39, 0.29) is 0 Å². The Balaban J connectivity index is 3.07. The number of hydrogen-bond donors (Lipinski definition) is 4. The van der Waals surface area contributed by atoms with Crippen LogP contribution in [0.1, 0.15) is 26.3 Å². The molecule has 24 heavy (non-hydrogen) atoms. The molecule has 0 fully saturated rings. The van der Waals surface area contributed by atoms with Crippen LogP contribution in [0.3, 0.4) is 0 Å². The molecule has 0 aliphatic carbocycles. The van der Waals surface area contributed by atoms with Gasteiger partial charge >= 0.3 is 18.1 Å². The first kappa shape index (κ1) is 17.1. The second kappa shape index (κ2) is 5.72. The zero-order chi connectivity index (χ0) is 18.2. The van der Waals surface area contributed by atoms with Gasteiger partial charge in [-0.3, -0.25) is 4.79 Å². The maximum absolute atomic E-state index is 13.2. The van der Waals surface area contributed by atoms with Crippen LogP contribution in [0.5, 0.6) is 0 Å². The molecule has 0 aliphatic heterocycles. The van der Waals surface area contributed by atoms with Crippen LogP contribution in [0.15, 0.2) is 29.1 Å². The number of H-pyrrole nitrogens is 1. The molecular weight excluding hydrogens is 333 g/mol. The number of aromatic nitrogens is 1. The van der Waals surface area contributed by atoms with Crippen molar-refractivity contribution in [3.63, 3.8) is 0 Å². The SMILES string of the molecule is Nc1[nH]c(=O)c(C(=O)O)c(-c2ccccc2C(F)(F)F)c1C(=O)O. The van der Waals surface area contributed by atoms with E-state index in [1.54, 1.807) is 0 Å². The van der Waals surface area contributed by atoms with Crippen LogP contribution in [-0.2, 0) is 6.18 Å². The predicted octanol–water partition coefficient (Wildman–Crippen LogP) is 2.04. The summed E-state index contributed by atoms with van der Waals surface area (Å²) in [4.78, 5) is 36.4. The van der Waals surface area contributed by atoms with Gasteiger partial charge in [-0.2, -0.15) is 13.2 Å². The fraction of sp³-hybridized carbons (Fsp3) is 0.0714. The van der Waals surface area contributed by atoms with Crippen molar-refractivity contribution in [2.45, 2.75) is 6.18 Å². The Morgan fingerprint density at radius 2 is 1.58 bits per heavy atom. The molecule has 2 rings (SSSR count). The molecule has 0 amide bonds. The van der Waals surface area contributed by atoms with Crippen molar-refractivity contribution in [1.29, 1.82) is 0 Å². The maximum Gasteiger partial charge on any atom is 0.417 e. The quantitative estimate of drug-likeness (QED) is 0.674. The number of halogens is 3. The Kier molecular flexibility index (Phi) is 4.07. The molecule has 0 atom stereocenters. The molecule has 7 nitrogen and oxygen atoms in total. The van der Waals surface area contributed by atoms with Crippen LogP contribution >= 0.6 is 0 Å². The molecule has 5 N–H and O–H groups in total. The zero-order valence-corrected chi connectivity index (χ0v) is 11.6. The maximum atomic E-state index is 13.2. The van der Waals surface area contributed by atoms with Crippen LogP contribution in [0.2, 0.25) is 0 Å². The second-order valence-electron chi connectivity index (χ2n) is 4.65. The van der Waals surface area contributed by atoms with Gasteiger partial charge in [0, 0.05) is 5.56 Å². The van der Waals surface area contributed by atoms with E-state index >= 15 is 0 Å². The number of alkyl halides is 3. The van der Waals surface area contributed by atoms with Crippen LogP contribution in [-0.4, -0.2) is 27.1 Å². The van der Waals surface area contributed by atoms with Crippen molar-refractivity contribution in [2.75, 3.05) is 5.73 Å². The van der Waals surface area contributed by atoms with Gasteiger partial charge < -0.3 is 20.9 Å². The van der Waals surface area contributed by atoms with E-state index in [2.05, 4.69) is 0 Å². The molecular formula is C14H9F3N2O5. The van der Waals surface area contributed by atoms with E-state index in [0.29, 0.717) is 6.07 Å². The molecule has 1 heterocycles. The molecule has 0 saturated heterocycles. The minimum Gasteiger partial charge on any atom is -0.478 e. The van der Waals surface area contributed by atoms with E-state index in [0.717, 1.165) is 18.2 Å². The average molecular weight is 342 g/mol. The van der Waals surface area contributed by atoms with Crippen molar-refractivity contribution >= 4 is 17.8 Å². The summed E-state index contributed by atoms with van der Waals surface area (Å²) < 4.78 is 39.6. The zero-order valence-electron chi connectivity index (χ0n) is 11.6. The lowest BCUT2D eigenvalue weighted by Gasteiger charge is -2.17. The molecule has 0 unspecified atom stereocenters. The summed E-state index contributed by atoms with van der Waals surface area (Å²) in [5.41, 5.74) is -0.955. The van der Waals surface area contributed by atoms with Crippen molar-refractivity contribution in [3.8, 4) is 11.1 Å². The summed E-state index contributed by atoms with van der Waals surface area (Å²) in [6.45, 7) is 0. The third-order valence-electron chi connectivity index (χ3n) is 3.17. The molecule has 0 saturated carbocycles. The lowest BCUT2D eigenvalue weighted by atomic mass is 9.91. The monoisotopic (exact) mass is 342 g/mol. The van der Waals surface area contributed by atoms with E-state index in [9.17, 15) is 32.7 Å². The van der Waals surface area contributed by atoms with Gasteiger partial charge in [0.25, 0.3) is 5.56 Å². The van der Waals surface area contributed by atoms with Crippen LogP contribution in [0.25, 0.3) is 11.1 Å². The third-order valence-corrected chi connectivity index (χ3v) is 3.17. The molecule has 0 spiro atoms. The number of rotatable bonds is 3. The number of aromatic amines is 1. The minimum atomic E-state index is -4.90. The predicted molar refractivity (Wildman–Crippen MR) is 75.8 cm³/mol. The van der Waals surface area contributed by atoms with Gasteiger partial charge in [-0.1, -0.05) is 18.2 Å². The summed E-state index contributed by atoms with van der Waals surface area (Å²) in [6.07, 6.45) is -4.90. The molecule has 0 bridgehead atoms. The number of carbonyl (C=O) groups is 2. The van der Waals surface area contributed by atoms with E-state index < -0.39 is 57.3 Å². The number of pyridine rings is 1. The van der Waals surface area contributed by atoms with E-state index in [1.807, 2.05) is 4.98 Å². The highest BCUT2D eigenvalue weighted by molar-refractivity contribution is 6.07. The minimum absolute atomic E-state index is 0.643. The molecule has 126 valence electrons. The highest BCUT2D eigenvalue weighted by atomic mass is 19.4. The van der Waals surface area contributed by atoms with Gasteiger partial charge in [-0.25, -0.2) is 9.59 Å². The molecule has 0 radical (unpaired) electrons. The molecule has 1 aromatic heterocycles.